The molecule has 0 aromatic heterocycles. The Kier molecular flexibility index (Phi) is 6.44. The SMILES string of the molecule is CCC(CC)C(c1ccc(C)c(CO)c1)c1ccc(C)c(OC)c1. The average Bonchev–Trinajstić information content (AvgIpc) is 2.61. The molecule has 1 unspecified atom stereocenters. The monoisotopic (exact) mass is 326 g/mol. The van der Waals surface area contributed by atoms with E-state index in [1.54, 1.807) is 7.11 Å². The molecule has 0 spiro atoms. The van der Waals surface area contributed by atoms with E-state index in [1.807, 2.05) is 0 Å². The molecule has 2 aromatic carbocycles. The lowest BCUT2D eigenvalue weighted by molar-refractivity contribution is 0.280. The first kappa shape index (κ1) is 18.5. The molecule has 1 N–H and O–H groups in total. The maximum Gasteiger partial charge on any atom is 0.122 e. The maximum absolute atomic E-state index is 9.65. The van der Waals surface area contributed by atoms with Gasteiger partial charge in [0.25, 0.3) is 0 Å². The average molecular weight is 326 g/mol. The number of benzene rings is 2. The van der Waals surface area contributed by atoms with Gasteiger partial charge in [0.15, 0.2) is 0 Å². The molecule has 0 fully saturated rings. The van der Waals surface area contributed by atoms with E-state index in [2.05, 4.69) is 64.1 Å². The summed E-state index contributed by atoms with van der Waals surface area (Å²) in [5.74, 6) is 1.82. The van der Waals surface area contributed by atoms with Crippen LogP contribution >= 0.6 is 0 Å². The fourth-order valence-electron chi connectivity index (χ4n) is 3.58. The first-order valence-corrected chi connectivity index (χ1v) is 8.90. The fraction of sp³-hybridized carbons (Fsp3) is 0.455. The van der Waals surface area contributed by atoms with Crippen LogP contribution in [0.5, 0.6) is 5.75 Å². The summed E-state index contributed by atoms with van der Waals surface area (Å²) in [7, 11) is 1.73. The van der Waals surface area contributed by atoms with Crippen LogP contribution in [-0.4, -0.2) is 12.2 Å². The molecule has 0 bridgehead atoms. The largest absolute Gasteiger partial charge is 0.496 e. The van der Waals surface area contributed by atoms with Gasteiger partial charge >= 0.3 is 0 Å². The van der Waals surface area contributed by atoms with E-state index >= 15 is 0 Å². The third-order valence-electron chi connectivity index (χ3n) is 5.21. The molecule has 2 aromatic rings. The van der Waals surface area contributed by atoms with Crippen molar-refractivity contribution in [3.63, 3.8) is 0 Å². The number of aliphatic hydroxyl groups is 1. The summed E-state index contributed by atoms with van der Waals surface area (Å²) in [6.07, 6.45) is 2.25. The van der Waals surface area contributed by atoms with Crippen molar-refractivity contribution in [3.05, 3.63) is 64.2 Å². The Morgan fingerprint density at radius 1 is 0.917 bits per heavy atom. The van der Waals surface area contributed by atoms with Crippen molar-refractivity contribution in [3.8, 4) is 5.75 Å². The number of hydrogen-bond donors (Lipinski definition) is 1. The maximum atomic E-state index is 9.65. The van der Waals surface area contributed by atoms with Crippen molar-refractivity contribution in [1.82, 2.24) is 0 Å². The van der Waals surface area contributed by atoms with Crippen molar-refractivity contribution in [2.24, 2.45) is 5.92 Å². The van der Waals surface area contributed by atoms with Crippen LogP contribution in [0.1, 0.15) is 60.4 Å². The van der Waals surface area contributed by atoms with Gasteiger partial charge in [0.1, 0.15) is 5.75 Å². The lowest BCUT2D eigenvalue weighted by Crippen LogP contribution is -2.14. The third kappa shape index (κ3) is 3.81. The molecule has 2 heteroatoms. The van der Waals surface area contributed by atoms with E-state index in [0.717, 1.165) is 35.3 Å². The Morgan fingerprint density at radius 3 is 2.04 bits per heavy atom. The van der Waals surface area contributed by atoms with Crippen LogP contribution in [0.25, 0.3) is 0 Å². The Bertz CT molecular complexity index is 618. The van der Waals surface area contributed by atoms with E-state index < -0.39 is 0 Å². The van der Waals surface area contributed by atoms with Crippen molar-refractivity contribution in [2.45, 2.75) is 53.1 Å². The Hall–Kier alpha value is -1.80. The van der Waals surface area contributed by atoms with Crippen LogP contribution in [0.2, 0.25) is 0 Å². The zero-order chi connectivity index (χ0) is 17.7. The zero-order valence-corrected chi connectivity index (χ0v) is 15.6. The van der Waals surface area contributed by atoms with Gasteiger partial charge in [-0.05, 0) is 53.6 Å². The molecule has 0 radical (unpaired) electrons. The van der Waals surface area contributed by atoms with Gasteiger partial charge in [-0.2, -0.15) is 0 Å². The van der Waals surface area contributed by atoms with E-state index in [-0.39, 0.29) is 6.61 Å². The molecule has 0 aliphatic carbocycles. The molecule has 0 heterocycles. The molecular formula is C22H30O2. The number of rotatable bonds is 7. The highest BCUT2D eigenvalue weighted by atomic mass is 16.5. The molecule has 1 atom stereocenters. The quantitative estimate of drug-likeness (QED) is 0.741. The predicted octanol–water partition coefficient (Wildman–Crippen LogP) is 5.37. The summed E-state index contributed by atoms with van der Waals surface area (Å²) in [6.45, 7) is 8.73. The van der Waals surface area contributed by atoms with Crippen LogP contribution in [-0.2, 0) is 6.61 Å². The molecule has 0 aliphatic rings. The highest BCUT2D eigenvalue weighted by Crippen LogP contribution is 2.38. The molecule has 2 rings (SSSR count). The zero-order valence-electron chi connectivity index (χ0n) is 15.6. The van der Waals surface area contributed by atoms with Crippen molar-refractivity contribution >= 4 is 0 Å². The van der Waals surface area contributed by atoms with Crippen LogP contribution < -0.4 is 4.74 Å². The standard InChI is InChI=1S/C22H30O2/c1-6-17(7-2)22(18-10-8-15(3)20(12-18)14-23)19-11-9-16(4)21(13-19)24-5/h8-13,17,22-23H,6-7,14H2,1-5H3. The molecular weight excluding hydrogens is 296 g/mol. The van der Waals surface area contributed by atoms with Crippen molar-refractivity contribution in [1.29, 1.82) is 0 Å². The summed E-state index contributed by atoms with van der Waals surface area (Å²) in [6, 6.07) is 13.1. The summed E-state index contributed by atoms with van der Waals surface area (Å²) in [4.78, 5) is 0. The first-order chi connectivity index (χ1) is 11.5. The van der Waals surface area contributed by atoms with Gasteiger partial charge in [0, 0.05) is 5.92 Å². The number of methoxy groups -OCH3 is 1. The minimum Gasteiger partial charge on any atom is -0.496 e. The number of ether oxygens (including phenoxy) is 1. The van der Waals surface area contributed by atoms with Crippen LogP contribution in [0, 0.1) is 19.8 Å². The summed E-state index contributed by atoms with van der Waals surface area (Å²) in [5.41, 5.74) is 5.89. The second-order valence-corrected chi connectivity index (χ2v) is 6.63. The van der Waals surface area contributed by atoms with Crippen molar-refractivity contribution in [2.75, 3.05) is 7.11 Å². The second-order valence-electron chi connectivity index (χ2n) is 6.63. The molecule has 24 heavy (non-hydrogen) atoms. The van der Waals surface area contributed by atoms with Crippen LogP contribution in [0.4, 0.5) is 0 Å². The molecule has 0 amide bonds. The minimum atomic E-state index is 0.0898. The van der Waals surface area contributed by atoms with Gasteiger partial charge in [-0.15, -0.1) is 0 Å². The Labute approximate surface area is 146 Å². The molecule has 0 aliphatic heterocycles. The molecule has 0 saturated heterocycles. The smallest absolute Gasteiger partial charge is 0.122 e. The van der Waals surface area contributed by atoms with Crippen LogP contribution in [0.3, 0.4) is 0 Å². The van der Waals surface area contributed by atoms with E-state index in [4.69, 9.17) is 4.74 Å². The first-order valence-electron chi connectivity index (χ1n) is 8.90. The van der Waals surface area contributed by atoms with Gasteiger partial charge in [-0.25, -0.2) is 0 Å². The highest BCUT2D eigenvalue weighted by Gasteiger charge is 2.23. The van der Waals surface area contributed by atoms with Crippen LogP contribution in [0.15, 0.2) is 36.4 Å². The van der Waals surface area contributed by atoms with E-state index in [0.29, 0.717) is 11.8 Å². The molecule has 130 valence electrons. The fourth-order valence-corrected chi connectivity index (χ4v) is 3.58. The van der Waals surface area contributed by atoms with E-state index in [9.17, 15) is 5.11 Å². The predicted molar refractivity (Wildman–Crippen MR) is 101 cm³/mol. The van der Waals surface area contributed by atoms with Gasteiger partial charge in [0.05, 0.1) is 13.7 Å². The van der Waals surface area contributed by atoms with Gasteiger partial charge in [0.2, 0.25) is 0 Å². The number of hydrogen-bond acceptors (Lipinski definition) is 2. The van der Waals surface area contributed by atoms with Crippen molar-refractivity contribution < 1.29 is 9.84 Å². The summed E-state index contributed by atoms with van der Waals surface area (Å²) < 4.78 is 5.54. The summed E-state index contributed by atoms with van der Waals surface area (Å²) >= 11 is 0. The normalized spacial score (nSPS) is 12.5. The third-order valence-corrected chi connectivity index (χ3v) is 5.21. The molecule has 0 saturated carbocycles. The Balaban J connectivity index is 2.57. The summed E-state index contributed by atoms with van der Waals surface area (Å²) in [5, 5.41) is 9.65. The topological polar surface area (TPSA) is 29.5 Å². The number of aryl methyl sites for hydroxylation is 2. The van der Waals surface area contributed by atoms with Gasteiger partial charge in [-0.1, -0.05) is 57.0 Å². The second kappa shape index (κ2) is 8.34. The lowest BCUT2D eigenvalue weighted by Gasteiger charge is -2.28. The van der Waals surface area contributed by atoms with Gasteiger partial charge < -0.3 is 9.84 Å². The highest BCUT2D eigenvalue weighted by molar-refractivity contribution is 5.43. The lowest BCUT2D eigenvalue weighted by atomic mass is 9.77. The molecule has 2 nitrogen and oxygen atoms in total. The van der Waals surface area contributed by atoms with E-state index in [1.165, 1.54) is 11.1 Å². The minimum absolute atomic E-state index is 0.0898. The number of aliphatic hydroxyl groups excluding tert-OH is 1. The Morgan fingerprint density at radius 2 is 1.50 bits per heavy atom. The van der Waals surface area contributed by atoms with Gasteiger partial charge in [-0.3, -0.25) is 0 Å².